The maximum atomic E-state index is 11.7. The number of aliphatic hydroxyl groups is 1. The van der Waals surface area contributed by atoms with Gasteiger partial charge in [-0.2, -0.15) is 0 Å². The smallest absolute Gasteiger partial charge is 0.177 e. The van der Waals surface area contributed by atoms with Crippen molar-refractivity contribution < 1.29 is 21.9 Å². The molecule has 0 aliphatic heterocycles. The summed E-state index contributed by atoms with van der Waals surface area (Å²) in [7, 11) is -7.07. The summed E-state index contributed by atoms with van der Waals surface area (Å²) in [4.78, 5) is -0.170. The molecule has 0 saturated heterocycles. The monoisotopic (exact) mass is 317 g/mol. The molecule has 2 N–H and O–H groups in total. The summed E-state index contributed by atoms with van der Waals surface area (Å²) in [5.41, 5.74) is 0.270. The SMILES string of the molecule is CS(=O)(=O)c1ccc(NCC#CCO)c(S(C)(=O)=O)c1. The fraction of sp³-hybridized carbons (Fsp3) is 0.333. The highest BCUT2D eigenvalue weighted by atomic mass is 32.2. The number of rotatable bonds is 4. The van der Waals surface area contributed by atoms with Crippen LogP contribution in [0, 0.1) is 11.8 Å². The van der Waals surface area contributed by atoms with Gasteiger partial charge >= 0.3 is 0 Å². The van der Waals surface area contributed by atoms with E-state index < -0.39 is 19.7 Å². The van der Waals surface area contributed by atoms with Crippen LogP contribution in [-0.2, 0) is 19.7 Å². The third kappa shape index (κ3) is 4.52. The molecule has 8 heteroatoms. The number of hydrogen-bond acceptors (Lipinski definition) is 6. The molecule has 0 spiro atoms. The minimum absolute atomic E-state index is 0.0649. The molecule has 1 aromatic carbocycles. The van der Waals surface area contributed by atoms with Gasteiger partial charge in [-0.1, -0.05) is 11.8 Å². The summed E-state index contributed by atoms with van der Waals surface area (Å²) in [6.07, 6.45) is 2.01. The van der Waals surface area contributed by atoms with Crippen LogP contribution in [0.15, 0.2) is 28.0 Å². The molecule has 6 nitrogen and oxygen atoms in total. The van der Waals surface area contributed by atoms with Gasteiger partial charge in [0.25, 0.3) is 0 Å². The van der Waals surface area contributed by atoms with Gasteiger partial charge in [0, 0.05) is 12.5 Å². The molecular formula is C12H15NO5S2. The largest absolute Gasteiger partial charge is 0.384 e. The van der Waals surface area contributed by atoms with Crippen molar-refractivity contribution in [2.45, 2.75) is 9.79 Å². The quantitative estimate of drug-likeness (QED) is 0.752. The van der Waals surface area contributed by atoms with E-state index in [4.69, 9.17) is 5.11 Å². The average molecular weight is 317 g/mol. The van der Waals surface area contributed by atoms with Gasteiger partial charge in [-0.15, -0.1) is 0 Å². The summed E-state index contributed by atoms with van der Waals surface area (Å²) in [5, 5.41) is 11.3. The molecule has 0 atom stereocenters. The van der Waals surface area contributed by atoms with Gasteiger partial charge in [0.15, 0.2) is 19.7 Å². The van der Waals surface area contributed by atoms with Crippen molar-refractivity contribution in [2.24, 2.45) is 0 Å². The van der Waals surface area contributed by atoms with Crippen LogP contribution in [0.1, 0.15) is 0 Å². The van der Waals surface area contributed by atoms with Crippen molar-refractivity contribution in [1.82, 2.24) is 0 Å². The molecule has 0 aliphatic carbocycles. The zero-order chi connectivity index (χ0) is 15.4. The van der Waals surface area contributed by atoms with Gasteiger partial charge in [-0.3, -0.25) is 0 Å². The molecule has 0 heterocycles. The van der Waals surface area contributed by atoms with Gasteiger partial charge in [0.05, 0.1) is 22.0 Å². The molecule has 0 unspecified atom stereocenters. The second kappa shape index (κ2) is 6.26. The molecule has 20 heavy (non-hydrogen) atoms. The fourth-order valence-corrected chi connectivity index (χ4v) is 3.05. The second-order valence-corrected chi connectivity index (χ2v) is 8.07. The van der Waals surface area contributed by atoms with Crippen molar-refractivity contribution in [2.75, 3.05) is 31.0 Å². The minimum Gasteiger partial charge on any atom is -0.384 e. The van der Waals surface area contributed by atoms with Crippen LogP contribution in [0.25, 0.3) is 0 Å². The number of anilines is 1. The number of sulfone groups is 2. The van der Waals surface area contributed by atoms with E-state index in [1.54, 1.807) is 0 Å². The fourth-order valence-electron chi connectivity index (χ4n) is 1.44. The summed E-state index contributed by atoms with van der Waals surface area (Å²) in [6, 6.07) is 3.83. The van der Waals surface area contributed by atoms with Crippen LogP contribution in [0.3, 0.4) is 0 Å². The Labute approximate surface area is 118 Å². The van der Waals surface area contributed by atoms with Crippen molar-refractivity contribution in [1.29, 1.82) is 0 Å². The minimum atomic E-state index is -3.58. The Morgan fingerprint density at radius 2 is 1.75 bits per heavy atom. The van der Waals surface area contributed by atoms with Crippen molar-refractivity contribution in [3.63, 3.8) is 0 Å². The molecular weight excluding hydrogens is 302 g/mol. The van der Waals surface area contributed by atoms with Crippen LogP contribution in [-0.4, -0.2) is 47.6 Å². The van der Waals surface area contributed by atoms with E-state index in [0.717, 1.165) is 18.6 Å². The van der Waals surface area contributed by atoms with Crippen LogP contribution in [0.5, 0.6) is 0 Å². The van der Waals surface area contributed by atoms with Crippen LogP contribution < -0.4 is 5.32 Å². The summed E-state index contributed by atoms with van der Waals surface area (Å²) in [5.74, 6) is 4.99. The van der Waals surface area contributed by atoms with Crippen LogP contribution in [0.2, 0.25) is 0 Å². The zero-order valence-electron chi connectivity index (χ0n) is 11.0. The first kappa shape index (κ1) is 16.5. The molecule has 0 fully saturated rings. The van der Waals surface area contributed by atoms with E-state index in [0.29, 0.717) is 0 Å². The lowest BCUT2D eigenvalue weighted by Crippen LogP contribution is -2.08. The zero-order valence-corrected chi connectivity index (χ0v) is 12.7. The third-order valence-corrected chi connectivity index (χ3v) is 4.60. The summed E-state index contributed by atoms with van der Waals surface area (Å²) < 4.78 is 46.3. The topological polar surface area (TPSA) is 101 Å². The average Bonchev–Trinajstić information content (AvgIpc) is 2.32. The Balaban J connectivity index is 3.25. The van der Waals surface area contributed by atoms with Crippen molar-refractivity contribution in [3.8, 4) is 11.8 Å². The van der Waals surface area contributed by atoms with Gasteiger partial charge in [-0.25, -0.2) is 16.8 Å². The lowest BCUT2D eigenvalue weighted by Gasteiger charge is -2.10. The van der Waals surface area contributed by atoms with Gasteiger partial charge < -0.3 is 10.4 Å². The standard InChI is InChI=1S/C12H15NO5S2/c1-19(15,16)10-5-6-11(13-7-3-4-8-14)12(9-10)20(2,17)18/h5-6,9,13-14H,7-8H2,1-2H3. The number of nitrogens with one attached hydrogen (secondary N) is 1. The van der Waals surface area contributed by atoms with Gasteiger partial charge in [-0.05, 0) is 18.2 Å². The molecule has 1 rings (SSSR count). The molecule has 0 aromatic heterocycles. The Hall–Kier alpha value is -1.56. The maximum Gasteiger partial charge on any atom is 0.177 e. The molecule has 1 aromatic rings. The van der Waals surface area contributed by atoms with Crippen molar-refractivity contribution >= 4 is 25.4 Å². The maximum absolute atomic E-state index is 11.7. The predicted octanol–water partition coefficient (Wildman–Crippen LogP) is -0.0988. The van der Waals surface area contributed by atoms with E-state index in [2.05, 4.69) is 17.2 Å². The Morgan fingerprint density at radius 1 is 1.10 bits per heavy atom. The number of hydrogen-bond donors (Lipinski definition) is 2. The van der Waals surface area contributed by atoms with Crippen molar-refractivity contribution in [3.05, 3.63) is 18.2 Å². The highest BCUT2D eigenvalue weighted by Crippen LogP contribution is 2.24. The Kier molecular flexibility index (Phi) is 5.16. The van der Waals surface area contributed by atoms with E-state index in [9.17, 15) is 16.8 Å². The highest BCUT2D eigenvalue weighted by Gasteiger charge is 2.17. The Bertz CT molecular complexity index is 755. The lowest BCUT2D eigenvalue weighted by atomic mass is 10.3. The molecule has 0 radical (unpaired) electrons. The van der Waals surface area contributed by atoms with E-state index >= 15 is 0 Å². The highest BCUT2D eigenvalue weighted by molar-refractivity contribution is 7.91. The normalized spacial score (nSPS) is 11.6. The number of benzene rings is 1. The first-order chi connectivity index (χ1) is 9.16. The lowest BCUT2D eigenvalue weighted by molar-refractivity contribution is 0.350. The molecule has 0 bridgehead atoms. The number of aliphatic hydroxyl groups excluding tert-OH is 1. The molecule has 0 saturated carbocycles. The first-order valence-corrected chi connectivity index (χ1v) is 9.29. The molecule has 0 aliphatic rings. The van der Waals surface area contributed by atoms with E-state index in [1.165, 1.54) is 12.1 Å². The first-order valence-electron chi connectivity index (χ1n) is 5.51. The summed E-state index contributed by atoms with van der Waals surface area (Å²) in [6.45, 7) is -0.144. The van der Waals surface area contributed by atoms with Gasteiger partial charge in [0.1, 0.15) is 6.61 Å². The van der Waals surface area contributed by atoms with E-state index in [1.807, 2.05) is 0 Å². The van der Waals surface area contributed by atoms with Crippen LogP contribution >= 0.6 is 0 Å². The second-order valence-electron chi connectivity index (χ2n) is 4.07. The van der Waals surface area contributed by atoms with Crippen LogP contribution in [0.4, 0.5) is 5.69 Å². The predicted molar refractivity (Wildman–Crippen MR) is 76.0 cm³/mol. The molecule has 0 amide bonds. The summed E-state index contributed by atoms with van der Waals surface area (Å²) >= 11 is 0. The third-order valence-electron chi connectivity index (χ3n) is 2.35. The van der Waals surface area contributed by atoms with E-state index in [-0.39, 0.29) is 28.6 Å². The Morgan fingerprint density at radius 3 is 2.25 bits per heavy atom. The molecule has 110 valence electrons. The van der Waals surface area contributed by atoms with Gasteiger partial charge in [0.2, 0.25) is 0 Å².